The van der Waals surface area contributed by atoms with Gasteiger partial charge in [0.25, 0.3) is 5.91 Å². The Hall–Kier alpha value is -1.07. The van der Waals surface area contributed by atoms with Gasteiger partial charge in [-0.15, -0.1) is 0 Å². The third-order valence-electron chi connectivity index (χ3n) is 2.59. The number of carbonyl (C=O) groups is 1. The van der Waals surface area contributed by atoms with Gasteiger partial charge in [-0.1, -0.05) is 15.9 Å². The number of nitrogens with two attached hydrogens (primary N) is 1. The molecule has 0 aromatic heterocycles. The fourth-order valence-electron chi connectivity index (χ4n) is 1.72. The lowest BCUT2D eigenvalue weighted by molar-refractivity contribution is -0.126. The number of ether oxygens (including phenoxy) is 1. The molecule has 86 valence electrons. The first kappa shape index (κ1) is 11.4. The van der Waals surface area contributed by atoms with Crippen LogP contribution >= 0.6 is 15.9 Å². The second-order valence-corrected chi connectivity index (χ2v) is 4.61. The van der Waals surface area contributed by atoms with Crippen molar-refractivity contribution >= 4 is 27.5 Å². The molecule has 2 rings (SSSR count). The summed E-state index contributed by atoms with van der Waals surface area (Å²) in [6.07, 6.45) is 0.0854. The van der Waals surface area contributed by atoms with Crippen LogP contribution < -0.4 is 15.4 Å². The minimum absolute atomic E-state index is 0.0453. The first-order valence-electron chi connectivity index (χ1n) is 5.07. The van der Waals surface area contributed by atoms with E-state index in [0.29, 0.717) is 13.0 Å². The largest absolute Gasteiger partial charge is 0.478 e. The number of benzene rings is 1. The van der Waals surface area contributed by atoms with Crippen LogP contribution in [0.4, 0.5) is 5.69 Å². The van der Waals surface area contributed by atoms with Crippen LogP contribution in [0.2, 0.25) is 0 Å². The molecule has 2 N–H and O–H groups in total. The summed E-state index contributed by atoms with van der Waals surface area (Å²) in [5.74, 6) is 0.680. The number of nitrogens with zero attached hydrogens (tertiary/aromatic N) is 1. The highest BCUT2D eigenvalue weighted by Crippen LogP contribution is 2.35. The zero-order chi connectivity index (χ0) is 11.7. The van der Waals surface area contributed by atoms with Crippen LogP contribution in [0.5, 0.6) is 5.75 Å². The summed E-state index contributed by atoms with van der Waals surface area (Å²) in [5.41, 5.74) is 6.24. The van der Waals surface area contributed by atoms with Crippen molar-refractivity contribution in [3.63, 3.8) is 0 Å². The first-order chi connectivity index (χ1) is 7.63. The molecule has 5 heteroatoms. The van der Waals surface area contributed by atoms with Gasteiger partial charge in [0.2, 0.25) is 0 Å². The summed E-state index contributed by atoms with van der Waals surface area (Å²) in [6.45, 7) is 0.441. The van der Waals surface area contributed by atoms with E-state index in [9.17, 15) is 4.79 Å². The fourth-order valence-corrected chi connectivity index (χ4v) is 2.07. The molecule has 0 saturated heterocycles. The summed E-state index contributed by atoms with van der Waals surface area (Å²) < 4.78 is 6.54. The van der Waals surface area contributed by atoms with E-state index in [1.54, 1.807) is 11.9 Å². The Morgan fingerprint density at radius 3 is 3.00 bits per heavy atom. The van der Waals surface area contributed by atoms with Gasteiger partial charge in [0.05, 0.1) is 5.69 Å². The molecule has 1 heterocycles. The third kappa shape index (κ3) is 1.92. The molecular weight excluding hydrogens is 272 g/mol. The highest BCUT2D eigenvalue weighted by molar-refractivity contribution is 9.10. The number of anilines is 1. The molecular formula is C11H13BrN2O2. The van der Waals surface area contributed by atoms with E-state index in [-0.39, 0.29) is 5.91 Å². The minimum Gasteiger partial charge on any atom is -0.478 e. The quantitative estimate of drug-likeness (QED) is 0.896. The van der Waals surface area contributed by atoms with Crippen LogP contribution in [0.25, 0.3) is 0 Å². The van der Waals surface area contributed by atoms with Gasteiger partial charge in [-0.2, -0.15) is 0 Å². The van der Waals surface area contributed by atoms with Crippen molar-refractivity contribution in [2.75, 3.05) is 18.5 Å². The molecule has 0 spiro atoms. The van der Waals surface area contributed by atoms with Gasteiger partial charge < -0.3 is 15.4 Å². The summed E-state index contributed by atoms with van der Waals surface area (Å²) >= 11 is 3.37. The summed E-state index contributed by atoms with van der Waals surface area (Å²) in [4.78, 5) is 13.5. The third-order valence-corrected chi connectivity index (χ3v) is 3.08. The van der Waals surface area contributed by atoms with Crippen molar-refractivity contribution in [1.29, 1.82) is 0 Å². The predicted octanol–water partition coefficient (Wildman–Crippen LogP) is 1.52. The van der Waals surface area contributed by atoms with E-state index >= 15 is 0 Å². The van der Waals surface area contributed by atoms with Crippen molar-refractivity contribution in [2.24, 2.45) is 5.73 Å². The van der Waals surface area contributed by atoms with Gasteiger partial charge in [-0.25, -0.2) is 0 Å². The number of carbonyl (C=O) groups excluding carboxylic acids is 1. The number of hydrogen-bond acceptors (Lipinski definition) is 3. The van der Waals surface area contributed by atoms with Crippen molar-refractivity contribution in [1.82, 2.24) is 0 Å². The van der Waals surface area contributed by atoms with Crippen LogP contribution in [0, 0.1) is 0 Å². The molecule has 0 radical (unpaired) electrons. The highest BCUT2D eigenvalue weighted by atomic mass is 79.9. The molecule has 1 unspecified atom stereocenters. The van der Waals surface area contributed by atoms with E-state index in [0.717, 1.165) is 15.9 Å². The molecule has 1 aromatic carbocycles. The zero-order valence-electron chi connectivity index (χ0n) is 8.94. The molecule has 1 aromatic rings. The summed E-state index contributed by atoms with van der Waals surface area (Å²) in [5, 5.41) is 0. The predicted molar refractivity (Wildman–Crippen MR) is 65.6 cm³/mol. The van der Waals surface area contributed by atoms with Crippen molar-refractivity contribution in [3.05, 3.63) is 22.7 Å². The normalized spacial score (nSPS) is 19.3. The molecule has 1 amide bonds. The smallest absolute Gasteiger partial charge is 0.267 e. The second kappa shape index (κ2) is 4.43. The molecule has 4 nitrogen and oxygen atoms in total. The maximum absolute atomic E-state index is 11.9. The Labute approximate surface area is 102 Å². The maximum atomic E-state index is 11.9. The number of fused-ring (bicyclic) bond motifs is 1. The van der Waals surface area contributed by atoms with Crippen LogP contribution in [-0.2, 0) is 4.79 Å². The van der Waals surface area contributed by atoms with E-state index in [4.69, 9.17) is 10.5 Å². The molecule has 0 fully saturated rings. The maximum Gasteiger partial charge on any atom is 0.267 e. The lowest BCUT2D eigenvalue weighted by Gasteiger charge is -2.31. The average Bonchev–Trinajstić information content (AvgIpc) is 2.27. The number of amides is 1. The van der Waals surface area contributed by atoms with Crippen molar-refractivity contribution < 1.29 is 9.53 Å². The minimum atomic E-state index is -0.455. The SMILES string of the molecule is CN1C(=O)C(CCN)Oc2ccc(Br)cc21. The molecule has 1 aliphatic rings. The first-order valence-corrected chi connectivity index (χ1v) is 5.86. The molecule has 0 saturated carbocycles. The lowest BCUT2D eigenvalue weighted by Crippen LogP contribution is -2.44. The van der Waals surface area contributed by atoms with Gasteiger partial charge in [0.15, 0.2) is 6.10 Å². The van der Waals surface area contributed by atoms with Gasteiger partial charge in [-0.05, 0) is 24.7 Å². The number of hydrogen-bond donors (Lipinski definition) is 1. The van der Waals surface area contributed by atoms with Gasteiger partial charge in [0.1, 0.15) is 5.75 Å². The Morgan fingerprint density at radius 1 is 1.56 bits per heavy atom. The molecule has 0 bridgehead atoms. The van der Waals surface area contributed by atoms with E-state index in [1.165, 1.54) is 0 Å². The van der Waals surface area contributed by atoms with Crippen molar-refractivity contribution in [3.8, 4) is 5.75 Å². The average molecular weight is 285 g/mol. The topological polar surface area (TPSA) is 55.6 Å². The van der Waals surface area contributed by atoms with Crippen LogP contribution in [0.15, 0.2) is 22.7 Å². The summed E-state index contributed by atoms with van der Waals surface area (Å²) in [6, 6.07) is 5.61. The second-order valence-electron chi connectivity index (χ2n) is 3.69. The van der Waals surface area contributed by atoms with Gasteiger partial charge >= 0.3 is 0 Å². The van der Waals surface area contributed by atoms with Crippen molar-refractivity contribution in [2.45, 2.75) is 12.5 Å². The Balaban J connectivity index is 2.36. The van der Waals surface area contributed by atoms with E-state index < -0.39 is 6.10 Å². The van der Waals surface area contributed by atoms with E-state index in [2.05, 4.69) is 15.9 Å². The standard InChI is InChI=1S/C11H13BrN2O2/c1-14-8-6-7(12)2-3-9(8)16-10(4-5-13)11(14)15/h2-3,6,10H,4-5,13H2,1H3. The Morgan fingerprint density at radius 2 is 2.31 bits per heavy atom. The van der Waals surface area contributed by atoms with Crippen LogP contribution in [-0.4, -0.2) is 25.6 Å². The number of likely N-dealkylation sites (N-methyl/N-ethyl adjacent to an activating group) is 1. The van der Waals surface area contributed by atoms with Gasteiger partial charge in [-0.3, -0.25) is 4.79 Å². The fraction of sp³-hybridized carbons (Fsp3) is 0.364. The monoisotopic (exact) mass is 284 g/mol. The highest BCUT2D eigenvalue weighted by Gasteiger charge is 2.31. The van der Waals surface area contributed by atoms with Crippen LogP contribution in [0.1, 0.15) is 6.42 Å². The lowest BCUT2D eigenvalue weighted by atomic mass is 10.1. The molecule has 1 aliphatic heterocycles. The molecule has 1 atom stereocenters. The van der Waals surface area contributed by atoms with E-state index in [1.807, 2.05) is 18.2 Å². The Bertz CT molecular complexity index is 422. The number of halogens is 1. The number of rotatable bonds is 2. The summed E-state index contributed by atoms with van der Waals surface area (Å²) in [7, 11) is 1.75. The van der Waals surface area contributed by atoms with Crippen LogP contribution in [0.3, 0.4) is 0 Å². The molecule has 0 aliphatic carbocycles. The Kier molecular flexibility index (Phi) is 3.16. The zero-order valence-corrected chi connectivity index (χ0v) is 10.5. The van der Waals surface area contributed by atoms with Gasteiger partial charge in [0, 0.05) is 17.9 Å². The molecule has 16 heavy (non-hydrogen) atoms.